The Morgan fingerprint density at radius 2 is 1.96 bits per heavy atom. The molecule has 8 heteroatoms. The highest BCUT2D eigenvalue weighted by molar-refractivity contribution is 9.10. The van der Waals surface area contributed by atoms with Gasteiger partial charge in [-0.2, -0.15) is 0 Å². The Morgan fingerprint density at radius 1 is 1.23 bits per heavy atom. The van der Waals surface area contributed by atoms with Crippen LogP contribution in [0.3, 0.4) is 0 Å². The van der Waals surface area contributed by atoms with Crippen molar-refractivity contribution < 1.29 is 13.2 Å². The molecule has 3 rings (SSSR count). The van der Waals surface area contributed by atoms with Gasteiger partial charge in [0.15, 0.2) is 0 Å². The molecule has 0 spiro atoms. The summed E-state index contributed by atoms with van der Waals surface area (Å²) in [4.78, 5) is 14.6. The fourth-order valence-corrected chi connectivity index (χ4v) is 4.15. The summed E-state index contributed by atoms with van der Waals surface area (Å²) in [5.74, 6) is -0.129. The second-order valence-corrected chi connectivity index (χ2v) is 8.78. The summed E-state index contributed by atoms with van der Waals surface area (Å²) in [7, 11) is -3.73. The van der Waals surface area contributed by atoms with E-state index in [9.17, 15) is 13.2 Å². The second-order valence-electron chi connectivity index (χ2n) is 6.30. The zero-order valence-electron chi connectivity index (χ0n) is 14.1. The molecular formula is C18H20BrN3O3S. The van der Waals surface area contributed by atoms with E-state index in [1.165, 1.54) is 29.8 Å². The first-order chi connectivity index (χ1) is 12.3. The van der Waals surface area contributed by atoms with E-state index in [0.717, 1.165) is 23.9 Å². The van der Waals surface area contributed by atoms with Crippen molar-refractivity contribution in [3.63, 3.8) is 0 Å². The van der Waals surface area contributed by atoms with Crippen molar-refractivity contribution in [2.45, 2.75) is 23.8 Å². The molecule has 0 radical (unpaired) electrons. The molecule has 0 saturated carbocycles. The Labute approximate surface area is 161 Å². The first-order valence-corrected chi connectivity index (χ1v) is 10.6. The Kier molecular flexibility index (Phi) is 5.76. The van der Waals surface area contributed by atoms with E-state index in [4.69, 9.17) is 5.14 Å². The summed E-state index contributed by atoms with van der Waals surface area (Å²) < 4.78 is 23.6. The van der Waals surface area contributed by atoms with Crippen LogP contribution in [0.15, 0.2) is 57.9 Å². The molecule has 1 aliphatic rings. The third-order valence-electron chi connectivity index (χ3n) is 4.41. The van der Waals surface area contributed by atoms with Gasteiger partial charge in [0.2, 0.25) is 15.9 Å². The van der Waals surface area contributed by atoms with Crippen LogP contribution in [0.25, 0.3) is 0 Å². The summed E-state index contributed by atoms with van der Waals surface area (Å²) >= 11 is 3.49. The van der Waals surface area contributed by atoms with Crippen molar-refractivity contribution in [1.29, 1.82) is 0 Å². The van der Waals surface area contributed by atoms with Crippen LogP contribution in [0.1, 0.15) is 24.4 Å². The fourth-order valence-electron chi connectivity index (χ4n) is 3.22. The van der Waals surface area contributed by atoms with Crippen LogP contribution in [-0.2, 0) is 14.8 Å². The van der Waals surface area contributed by atoms with Crippen molar-refractivity contribution in [3.05, 3.63) is 58.6 Å². The van der Waals surface area contributed by atoms with Gasteiger partial charge in [-0.15, -0.1) is 0 Å². The number of hydrogen-bond donors (Lipinski definition) is 2. The number of nitrogens with one attached hydrogen (secondary N) is 1. The van der Waals surface area contributed by atoms with Gasteiger partial charge in [0.25, 0.3) is 0 Å². The van der Waals surface area contributed by atoms with Gasteiger partial charge in [0.1, 0.15) is 0 Å². The smallest absolute Gasteiger partial charge is 0.238 e. The minimum atomic E-state index is -3.73. The molecule has 1 saturated heterocycles. The van der Waals surface area contributed by atoms with Gasteiger partial charge in [-0.1, -0.05) is 28.1 Å². The largest absolute Gasteiger partial charge is 0.325 e. The quantitative estimate of drug-likeness (QED) is 0.751. The number of benzene rings is 2. The van der Waals surface area contributed by atoms with Gasteiger partial charge in [-0.05, 0) is 61.3 Å². The van der Waals surface area contributed by atoms with Gasteiger partial charge in [0.05, 0.1) is 11.4 Å². The van der Waals surface area contributed by atoms with Crippen LogP contribution in [0.2, 0.25) is 0 Å². The maximum atomic E-state index is 12.4. The Morgan fingerprint density at radius 3 is 2.62 bits per heavy atom. The van der Waals surface area contributed by atoms with E-state index in [1.54, 1.807) is 0 Å². The van der Waals surface area contributed by atoms with E-state index in [0.29, 0.717) is 5.69 Å². The third kappa shape index (κ3) is 4.70. The van der Waals surface area contributed by atoms with E-state index in [-0.39, 0.29) is 23.4 Å². The Hall–Kier alpha value is -1.74. The van der Waals surface area contributed by atoms with Crippen molar-refractivity contribution in [1.82, 2.24) is 4.90 Å². The predicted octanol–water partition coefficient (Wildman–Crippen LogP) is 2.87. The van der Waals surface area contributed by atoms with Gasteiger partial charge < -0.3 is 5.32 Å². The van der Waals surface area contributed by atoms with E-state index in [1.807, 2.05) is 12.1 Å². The zero-order valence-corrected chi connectivity index (χ0v) is 16.5. The minimum Gasteiger partial charge on any atom is -0.325 e. The molecule has 3 N–H and O–H groups in total. The van der Waals surface area contributed by atoms with Gasteiger partial charge in [-0.3, -0.25) is 9.69 Å². The molecule has 1 fully saturated rings. The van der Waals surface area contributed by atoms with Gasteiger partial charge in [0, 0.05) is 16.2 Å². The topological polar surface area (TPSA) is 92.5 Å². The third-order valence-corrected chi connectivity index (χ3v) is 5.83. The predicted molar refractivity (Wildman–Crippen MR) is 104 cm³/mol. The maximum absolute atomic E-state index is 12.4. The molecule has 1 atom stereocenters. The van der Waals surface area contributed by atoms with E-state index >= 15 is 0 Å². The van der Waals surface area contributed by atoms with E-state index in [2.05, 4.69) is 38.3 Å². The lowest BCUT2D eigenvalue weighted by Gasteiger charge is -2.24. The molecule has 2 aromatic carbocycles. The summed E-state index contributed by atoms with van der Waals surface area (Å²) in [5.41, 5.74) is 1.74. The Bertz CT molecular complexity index is 900. The average molecular weight is 438 g/mol. The highest BCUT2D eigenvalue weighted by Crippen LogP contribution is 2.32. The summed E-state index contributed by atoms with van der Waals surface area (Å²) in [6.45, 7) is 1.16. The zero-order chi connectivity index (χ0) is 18.7. The molecule has 1 unspecified atom stereocenters. The molecule has 26 heavy (non-hydrogen) atoms. The number of amides is 1. The highest BCUT2D eigenvalue weighted by Gasteiger charge is 2.27. The molecule has 0 bridgehead atoms. The summed E-state index contributed by atoms with van der Waals surface area (Å²) in [6.07, 6.45) is 2.07. The van der Waals surface area contributed by atoms with Crippen molar-refractivity contribution >= 4 is 37.5 Å². The second kappa shape index (κ2) is 7.87. The number of rotatable bonds is 5. The number of primary sulfonamides is 1. The minimum absolute atomic E-state index is 0.0183. The Balaban J connectivity index is 1.64. The normalized spacial score (nSPS) is 18.0. The number of nitrogens with zero attached hydrogens (tertiary/aromatic N) is 1. The van der Waals surface area contributed by atoms with Crippen LogP contribution in [-0.4, -0.2) is 32.3 Å². The highest BCUT2D eigenvalue weighted by atomic mass is 79.9. The number of likely N-dealkylation sites (tertiary alicyclic amines) is 1. The SMILES string of the molecule is NS(=O)(=O)c1ccc(NC(=O)CN2CCCC2c2cccc(Br)c2)cc1. The van der Waals surface area contributed by atoms with Crippen LogP contribution in [0, 0.1) is 0 Å². The lowest BCUT2D eigenvalue weighted by Crippen LogP contribution is -2.32. The first-order valence-electron chi connectivity index (χ1n) is 8.25. The van der Waals surface area contributed by atoms with Gasteiger partial charge in [-0.25, -0.2) is 13.6 Å². The van der Waals surface area contributed by atoms with E-state index < -0.39 is 10.0 Å². The molecule has 6 nitrogen and oxygen atoms in total. The number of sulfonamides is 1. The summed E-state index contributed by atoms with van der Waals surface area (Å²) in [5, 5.41) is 7.88. The van der Waals surface area contributed by atoms with Crippen molar-refractivity contribution in [2.75, 3.05) is 18.4 Å². The van der Waals surface area contributed by atoms with Crippen molar-refractivity contribution in [2.24, 2.45) is 5.14 Å². The maximum Gasteiger partial charge on any atom is 0.238 e. The number of carbonyl (C=O) groups is 1. The van der Waals surface area contributed by atoms with Crippen LogP contribution >= 0.6 is 15.9 Å². The molecule has 1 amide bonds. The fraction of sp³-hybridized carbons (Fsp3) is 0.278. The molecule has 2 aromatic rings. The average Bonchev–Trinajstić information content (AvgIpc) is 3.02. The molecule has 1 aliphatic heterocycles. The van der Waals surface area contributed by atoms with Crippen LogP contribution < -0.4 is 10.5 Å². The molecule has 1 heterocycles. The molecule has 0 aliphatic carbocycles. The number of halogens is 1. The van der Waals surface area contributed by atoms with Crippen LogP contribution in [0.4, 0.5) is 5.69 Å². The lowest BCUT2D eigenvalue weighted by molar-refractivity contribution is -0.117. The molecule has 138 valence electrons. The lowest BCUT2D eigenvalue weighted by atomic mass is 10.0. The monoisotopic (exact) mass is 437 g/mol. The summed E-state index contributed by atoms with van der Waals surface area (Å²) in [6, 6.07) is 14.2. The number of nitrogens with two attached hydrogens (primary N) is 1. The first kappa shape index (κ1) is 19.0. The van der Waals surface area contributed by atoms with Crippen LogP contribution in [0.5, 0.6) is 0 Å². The number of hydrogen-bond acceptors (Lipinski definition) is 4. The molecular weight excluding hydrogens is 418 g/mol. The van der Waals surface area contributed by atoms with Crippen molar-refractivity contribution in [3.8, 4) is 0 Å². The number of anilines is 1. The molecule has 0 aromatic heterocycles. The number of carbonyl (C=O) groups excluding carboxylic acids is 1. The van der Waals surface area contributed by atoms with Gasteiger partial charge >= 0.3 is 0 Å². The standard InChI is InChI=1S/C18H20BrN3O3S/c19-14-4-1-3-13(11-14)17-5-2-10-22(17)12-18(23)21-15-6-8-16(9-7-15)26(20,24)25/h1,3-4,6-9,11,17H,2,5,10,12H2,(H,21,23)(H2,20,24,25).